The van der Waals surface area contributed by atoms with Crippen molar-refractivity contribution in [3.8, 4) is 0 Å². The van der Waals surface area contributed by atoms with Gasteiger partial charge in [0.25, 0.3) is 0 Å². The minimum absolute atomic E-state index is 0.0231. The molecule has 142 valence electrons. The van der Waals surface area contributed by atoms with Gasteiger partial charge >= 0.3 is 0 Å². The molecule has 3 aliphatic heterocycles. The summed E-state index contributed by atoms with van der Waals surface area (Å²) in [6.45, 7) is 13.5. The van der Waals surface area contributed by atoms with Crippen LogP contribution in [0.3, 0.4) is 0 Å². The summed E-state index contributed by atoms with van der Waals surface area (Å²) in [7, 11) is 2.19. The summed E-state index contributed by atoms with van der Waals surface area (Å²) >= 11 is 0. The van der Waals surface area contributed by atoms with Crippen LogP contribution in [0, 0.1) is 5.92 Å². The molecule has 0 saturated heterocycles. The highest BCUT2D eigenvalue weighted by molar-refractivity contribution is 5.93. The molecule has 3 heterocycles. The van der Waals surface area contributed by atoms with E-state index in [0.29, 0.717) is 11.8 Å². The Balaban J connectivity index is 0.000000872. The van der Waals surface area contributed by atoms with Gasteiger partial charge in [-0.2, -0.15) is 0 Å². The van der Waals surface area contributed by atoms with Crippen LogP contribution in [0.25, 0.3) is 0 Å². The third kappa shape index (κ3) is 2.19. The molecular weight excluding hydrogens is 328 g/mol. The fourth-order valence-corrected chi connectivity index (χ4v) is 5.38. The van der Waals surface area contributed by atoms with Crippen molar-refractivity contribution in [1.29, 1.82) is 0 Å². The lowest BCUT2D eigenvalue weighted by atomic mass is 9.67. The maximum atomic E-state index is 2.59. The number of nitrogens with zero attached hydrogens (tertiary/aromatic N) is 2. The van der Waals surface area contributed by atoms with Gasteiger partial charge in [-0.25, -0.2) is 0 Å². The second-order valence-corrected chi connectivity index (χ2v) is 8.35. The predicted octanol–water partition coefficient (Wildman–Crippen LogP) is 6.92. The molecule has 2 nitrogen and oxygen atoms in total. The third-order valence-electron chi connectivity index (χ3n) is 6.75. The second-order valence-electron chi connectivity index (χ2n) is 8.35. The SMILES string of the molecule is CC.CCC1C2=CN(C)c3cccc4c3N2c2c(cccc2C4(C)C)C1C. The molecule has 0 fully saturated rings. The van der Waals surface area contributed by atoms with E-state index >= 15 is 0 Å². The number of allylic oxidation sites excluding steroid dienone is 1. The van der Waals surface area contributed by atoms with Gasteiger partial charge in [0.2, 0.25) is 0 Å². The lowest BCUT2D eigenvalue weighted by Gasteiger charge is -2.52. The van der Waals surface area contributed by atoms with E-state index in [1.807, 2.05) is 13.8 Å². The summed E-state index contributed by atoms with van der Waals surface area (Å²) in [5.74, 6) is 1.12. The topological polar surface area (TPSA) is 6.48 Å². The van der Waals surface area contributed by atoms with E-state index in [1.54, 1.807) is 0 Å². The molecule has 2 atom stereocenters. The molecule has 0 radical (unpaired) electrons. The minimum atomic E-state index is 0.0231. The summed E-state index contributed by atoms with van der Waals surface area (Å²) in [5, 5.41) is 0. The molecule has 0 aliphatic carbocycles. The van der Waals surface area contributed by atoms with Gasteiger partial charge < -0.3 is 9.80 Å². The van der Waals surface area contributed by atoms with Crippen LogP contribution < -0.4 is 9.80 Å². The van der Waals surface area contributed by atoms with E-state index in [9.17, 15) is 0 Å². The first-order chi connectivity index (χ1) is 13.0. The predicted molar refractivity (Wildman–Crippen MR) is 117 cm³/mol. The number of hydrogen-bond acceptors (Lipinski definition) is 2. The second kappa shape index (κ2) is 6.15. The molecule has 3 aliphatic rings. The first-order valence-corrected chi connectivity index (χ1v) is 10.5. The molecule has 2 unspecified atom stereocenters. The van der Waals surface area contributed by atoms with Crippen LogP contribution in [-0.2, 0) is 5.41 Å². The van der Waals surface area contributed by atoms with E-state index in [4.69, 9.17) is 0 Å². The number of para-hydroxylation sites is 2. The Kier molecular flexibility index (Phi) is 4.14. The minimum Gasteiger partial charge on any atom is -0.348 e. The molecular formula is C25H32N2. The van der Waals surface area contributed by atoms with E-state index < -0.39 is 0 Å². The van der Waals surface area contributed by atoms with Gasteiger partial charge in [0.15, 0.2) is 0 Å². The Hall–Kier alpha value is -2.22. The van der Waals surface area contributed by atoms with Crippen molar-refractivity contribution in [1.82, 2.24) is 0 Å². The number of rotatable bonds is 1. The maximum absolute atomic E-state index is 2.59. The zero-order valence-corrected chi connectivity index (χ0v) is 17.8. The highest BCUT2D eigenvalue weighted by Gasteiger charge is 2.46. The molecule has 0 saturated carbocycles. The summed E-state index contributed by atoms with van der Waals surface area (Å²) in [6.07, 6.45) is 3.54. The quantitative estimate of drug-likeness (QED) is 0.544. The van der Waals surface area contributed by atoms with Gasteiger partial charge in [0.05, 0.1) is 17.1 Å². The average Bonchev–Trinajstić information content (AvgIpc) is 2.68. The molecule has 2 heteroatoms. The van der Waals surface area contributed by atoms with Gasteiger partial charge in [0.1, 0.15) is 0 Å². The summed E-state index contributed by atoms with van der Waals surface area (Å²) < 4.78 is 0. The van der Waals surface area contributed by atoms with Crippen molar-refractivity contribution >= 4 is 17.1 Å². The smallest absolute Gasteiger partial charge is 0.0737 e. The highest BCUT2D eigenvalue weighted by Crippen LogP contribution is 2.61. The van der Waals surface area contributed by atoms with Crippen molar-refractivity contribution in [2.24, 2.45) is 5.92 Å². The Morgan fingerprint density at radius 2 is 1.59 bits per heavy atom. The Labute approximate surface area is 164 Å². The molecule has 0 N–H and O–H groups in total. The van der Waals surface area contributed by atoms with Crippen LogP contribution in [0.5, 0.6) is 0 Å². The van der Waals surface area contributed by atoms with Gasteiger partial charge in [-0.3, -0.25) is 0 Å². The summed E-state index contributed by atoms with van der Waals surface area (Å²) in [6, 6.07) is 13.7. The molecule has 0 amide bonds. The van der Waals surface area contributed by atoms with E-state index in [-0.39, 0.29) is 5.41 Å². The van der Waals surface area contributed by atoms with Crippen molar-refractivity contribution in [2.45, 2.75) is 59.3 Å². The first kappa shape index (κ1) is 18.2. The van der Waals surface area contributed by atoms with Gasteiger partial charge in [0, 0.05) is 30.3 Å². The van der Waals surface area contributed by atoms with Gasteiger partial charge in [-0.05, 0) is 35.1 Å². The lowest BCUT2D eigenvalue weighted by Crippen LogP contribution is -2.42. The molecule has 0 bridgehead atoms. The summed E-state index contributed by atoms with van der Waals surface area (Å²) in [4.78, 5) is 4.92. The third-order valence-corrected chi connectivity index (χ3v) is 6.75. The highest BCUT2D eigenvalue weighted by atomic mass is 15.3. The van der Waals surface area contributed by atoms with Crippen LogP contribution in [0.15, 0.2) is 48.3 Å². The standard InChI is InChI=1S/C23H26N2.C2H6/c1-6-15-14(2)16-9-7-10-17-21(16)25-20(15)13-24(5)19-12-8-11-18(22(19)25)23(17,3)4;1-2/h7-15H,6H2,1-5H3;1-2H3. The largest absolute Gasteiger partial charge is 0.348 e. The first-order valence-electron chi connectivity index (χ1n) is 10.5. The number of benzene rings is 2. The van der Waals surface area contributed by atoms with E-state index in [0.717, 1.165) is 0 Å². The van der Waals surface area contributed by atoms with Crippen LogP contribution in [-0.4, -0.2) is 7.05 Å². The number of hydrogen-bond donors (Lipinski definition) is 0. The average molecular weight is 361 g/mol. The lowest BCUT2D eigenvalue weighted by molar-refractivity contribution is 0.466. The fourth-order valence-electron chi connectivity index (χ4n) is 5.38. The van der Waals surface area contributed by atoms with Crippen molar-refractivity contribution in [2.75, 3.05) is 16.8 Å². The fraction of sp³-hybridized carbons (Fsp3) is 0.440. The van der Waals surface area contributed by atoms with Crippen LogP contribution in [0.2, 0.25) is 0 Å². The Morgan fingerprint density at radius 1 is 0.963 bits per heavy atom. The molecule has 0 spiro atoms. The van der Waals surface area contributed by atoms with Crippen molar-refractivity contribution in [3.05, 3.63) is 65.0 Å². The van der Waals surface area contributed by atoms with E-state index in [2.05, 4.69) is 87.1 Å². The zero-order valence-electron chi connectivity index (χ0n) is 17.8. The summed E-state index contributed by atoms with van der Waals surface area (Å²) in [5.41, 5.74) is 10.1. The molecule has 2 aromatic rings. The molecule has 0 aromatic heterocycles. The monoisotopic (exact) mass is 360 g/mol. The van der Waals surface area contributed by atoms with Crippen LogP contribution in [0.4, 0.5) is 17.1 Å². The van der Waals surface area contributed by atoms with Gasteiger partial charge in [-0.15, -0.1) is 0 Å². The van der Waals surface area contributed by atoms with E-state index in [1.165, 1.54) is 45.9 Å². The number of anilines is 3. The van der Waals surface area contributed by atoms with Crippen LogP contribution >= 0.6 is 0 Å². The molecule has 5 rings (SSSR count). The van der Waals surface area contributed by atoms with Crippen LogP contribution in [0.1, 0.15) is 70.6 Å². The van der Waals surface area contributed by atoms with Crippen molar-refractivity contribution < 1.29 is 0 Å². The Morgan fingerprint density at radius 3 is 2.26 bits per heavy atom. The molecule has 2 aromatic carbocycles. The normalized spacial score (nSPS) is 23.1. The Bertz CT molecular complexity index is 922. The molecule has 27 heavy (non-hydrogen) atoms. The van der Waals surface area contributed by atoms with Crippen molar-refractivity contribution in [3.63, 3.8) is 0 Å². The van der Waals surface area contributed by atoms with Gasteiger partial charge in [-0.1, -0.05) is 71.9 Å². The zero-order chi connectivity index (χ0) is 19.5. The maximum Gasteiger partial charge on any atom is 0.0737 e.